The van der Waals surface area contributed by atoms with E-state index in [1.54, 1.807) is 11.0 Å². The van der Waals surface area contributed by atoms with Crippen LogP contribution in [0.1, 0.15) is 18.4 Å². The Morgan fingerprint density at radius 3 is 2.92 bits per heavy atom. The van der Waals surface area contributed by atoms with Gasteiger partial charge < -0.3 is 19.7 Å². The lowest BCUT2D eigenvalue weighted by Crippen LogP contribution is -2.46. The molecule has 2 saturated heterocycles. The Bertz CT molecular complexity index is 720. The molecule has 0 aliphatic carbocycles. The van der Waals surface area contributed by atoms with Crippen molar-refractivity contribution in [3.8, 4) is 5.75 Å². The van der Waals surface area contributed by atoms with Crippen LogP contribution in [0.3, 0.4) is 0 Å². The van der Waals surface area contributed by atoms with Crippen molar-refractivity contribution in [1.82, 2.24) is 15.1 Å². The third kappa shape index (κ3) is 3.46. The molecule has 140 valence electrons. The summed E-state index contributed by atoms with van der Waals surface area (Å²) in [6.45, 7) is 3.48. The number of carbonyl (C=O) groups excluding carboxylic acids is 2. The number of carbonyl (C=O) groups is 2. The molecular weight excluding hydrogens is 358 g/mol. The first-order valence-corrected chi connectivity index (χ1v) is 9.30. The highest BCUT2D eigenvalue weighted by Gasteiger charge is 2.46. The number of amides is 2. The number of nitrogens with one attached hydrogen (secondary N) is 1. The summed E-state index contributed by atoms with van der Waals surface area (Å²) < 4.78 is 11.3. The van der Waals surface area contributed by atoms with E-state index < -0.39 is 11.7 Å². The van der Waals surface area contributed by atoms with Crippen molar-refractivity contribution < 1.29 is 19.1 Å². The smallest absolute Gasteiger partial charge is 0.410 e. The van der Waals surface area contributed by atoms with Crippen LogP contribution < -0.4 is 10.1 Å². The molecule has 1 N–H and O–H groups in total. The van der Waals surface area contributed by atoms with Crippen molar-refractivity contribution in [1.29, 1.82) is 0 Å². The summed E-state index contributed by atoms with van der Waals surface area (Å²) in [5.41, 5.74) is 0.437. The van der Waals surface area contributed by atoms with Gasteiger partial charge in [-0.2, -0.15) is 0 Å². The van der Waals surface area contributed by atoms with Crippen LogP contribution in [0, 0.1) is 0 Å². The minimum atomic E-state index is -0.440. The van der Waals surface area contributed by atoms with E-state index in [4.69, 9.17) is 21.1 Å². The van der Waals surface area contributed by atoms with Crippen molar-refractivity contribution in [2.24, 2.45) is 0 Å². The summed E-state index contributed by atoms with van der Waals surface area (Å²) in [6, 6.07) is 5.41. The summed E-state index contributed by atoms with van der Waals surface area (Å²) in [6.07, 6.45) is 1.18. The Morgan fingerprint density at radius 2 is 2.12 bits per heavy atom. The van der Waals surface area contributed by atoms with Gasteiger partial charge in [-0.1, -0.05) is 11.6 Å². The fraction of sp³-hybridized carbons (Fsp3) is 0.556. The monoisotopic (exact) mass is 379 g/mol. The molecule has 4 rings (SSSR count). The molecule has 0 radical (unpaired) electrons. The van der Waals surface area contributed by atoms with Gasteiger partial charge in [-0.15, -0.1) is 0 Å². The third-order valence-electron chi connectivity index (χ3n) is 5.24. The van der Waals surface area contributed by atoms with Crippen molar-refractivity contribution in [3.05, 3.63) is 28.8 Å². The Hall–Kier alpha value is -1.99. The van der Waals surface area contributed by atoms with Crippen molar-refractivity contribution in [2.45, 2.75) is 25.0 Å². The number of halogens is 1. The number of fused-ring (bicyclic) bond motifs is 1. The number of ether oxygens (including phenoxy) is 2. The molecule has 0 unspecified atom stereocenters. The highest BCUT2D eigenvalue weighted by atomic mass is 35.5. The molecule has 0 saturated carbocycles. The Balaban J connectivity index is 1.42. The molecule has 2 fully saturated rings. The highest BCUT2D eigenvalue weighted by molar-refractivity contribution is 6.30. The lowest BCUT2D eigenvalue weighted by molar-refractivity contribution is -0.132. The topological polar surface area (TPSA) is 71.1 Å². The van der Waals surface area contributed by atoms with E-state index in [0.717, 1.165) is 37.2 Å². The van der Waals surface area contributed by atoms with Crippen molar-refractivity contribution >= 4 is 23.6 Å². The molecule has 0 aromatic heterocycles. The number of benzene rings is 1. The van der Waals surface area contributed by atoms with Gasteiger partial charge >= 0.3 is 6.09 Å². The fourth-order valence-corrected chi connectivity index (χ4v) is 3.99. The molecule has 3 aliphatic rings. The maximum absolute atomic E-state index is 12.8. The number of hydrogen-bond donors (Lipinski definition) is 1. The van der Waals surface area contributed by atoms with Gasteiger partial charge in [0.2, 0.25) is 5.91 Å². The van der Waals surface area contributed by atoms with Crippen LogP contribution in [0.15, 0.2) is 18.2 Å². The maximum atomic E-state index is 12.8. The van der Waals surface area contributed by atoms with E-state index in [2.05, 4.69) is 5.32 Å². The zero-order valence-electron chi connectivity index (χ0n) is 14.5. The predicted molar refractivity (Wildman–Crippen MR) is 95.3 cm³/mol. The molecule has 8 heteroatoms. The van der Waals surface area contributed by atoms with Crippen LogP contribution in [-0.4, -0.2) is 66.7 Å². The lowest BCUT2D eigenvalue weighted by Gasteiger charge is -2.31. The van der Waals surface area contributed by atoms with E-state index in [1.807, 2.05) is 12.1 Å². The molecule has 3 aliphatic heterocycles. The zero-order chi connectivity index (χ0) is 18.1. The van der Waals surface area contributed by atoms with Crippen molar-refractivity contribution in [2.75, 3.05) is 39.3 Å². The number of piperidine rings is 1. The third-order valence-corrected chi connectivity index (χ3v) is 5.47. The number of hydrogen-bond acceptors (Lipinski definition) is 5. The first-order valence-electron chi connectivity index (χ1n) is 8.92. The number of nitrogens with zero attached hydrogens (tertiary/aromatic N) is 2. The molecule has 7 nitrogen and oxygen atoms in total. The van der Waals surface area contributed by atoms with Gasteiger partial charge in [0.1, 0.15) is 24.5 Å². The van der Waals surface area contributed by atoms with Crippen LogP contribution in [-0.2, 0) is 16.1 Å². The van der Waals surface area contributed by atoms with Crippen LogP contribution in [0.2, 0.25) is 5.02 Å². The molecule has 1 spiro atoms. The predicted octanol–water partition coefficient (Wildman–Crippen LogP) is 1.64. The van der Waals surface area contributed by atoms with E-state index >= 15 is 0 Å². The second-order valence-corrected chi connectivity index (χ2v) is 7.51. The molecule has 26 heavy (non-hydrogen) atoms. The SMILES string of the molecule is O=C(CN1CC2(CCNCC2)OC1=O)N1CCOc2ccc(Cl)cc2C1. The zero-order valence-corrected chi connectivity index (χ0v) is 15.3. The molecule has 3 heterocycles. The summed E-state index contributed by atoms with van der Waals surface area (Å²) in [5.74, 6) is 0.642. The van der Waals surface area contributed by atoms with Gasteiger partial charge in [-0.05, 0) is 31.3 Å². The van der Waals surface area contributed by atoms with E-state index in [1.165, 1.54) is 4.90 Å². The first kappa shape index (κ1) is 17.4. The standard InChI is InChI=1S/C18H22ClN3O4/c19-14-1-2-15-13(9-14)10-21(7-8-25-15)16(23)11-22-12-18(26-17(22)24)3-5-20-6-4-18/h1-2,9,20H,3-8,10-12H2. The average molecular weight is 380 g/mol. The second kappa shape index (κ2) is 6.96. The largest absolute Gasteiger partial charge is 0.491 e. The molecule has 2 amide bonds. The normalized spacial score (nSPS) is 21.8. The van der Waals surface area contributed by atoms with Crippen LogP contribution >= 0.6 is 11.6 Å². The fourth-order valence-electron chi connectivity index (χ4n) is 3.80. The van der Waals surface area contributed by atoms with Crippen LogP contribution in [0.4, 0.5) is 4.79 Å². The molecule has 1 aromatic carbocycles. The Labute approximate surface area is 157 Å². The Morgan fingerprint density at radius 1 is 1.31 bits per heavy atom. The highest BCUT2D eigenvalue weighted by Crippen LogP contribution is 2.31. The summed E-state index contributed by atoms with van der Waals surface area (Å²) >= 11 is 6.06. The van der Waals surface area contributed by atoms with Gasteiger partial charge in [-0.3, -0.25) is 9.69 Å². The van der Waals surface area contributed by atoms with Gasteiger partial charge in [0.05, 0.1) is 13.1 Å². The first-order chi connectivity index (χ1) is 12.5. The lowest BCUT2D eigenvalue weighted by atomic mass is 9.92. The van der Waals surface area contributed by atoms with Crippen molar-refractivity contribution in [3.63, 3.8) is 0 Å². The molecule has 0 bridgehead atoms. The van der Waals surface area contributed by atoms with Crippen LogP contribution in [0.25, 0.3) is 0 Å². The van der Waals surface area contributed by atoms with Gasteiger partial charge in [0.15, 0.2) is 0 Å². The molecule has 0 atom stereocenters. The van der Waals surface area contributed by atoms with Gasteiger partial charge in [0, 0.05) is 30.0 Å². The maximum Gasteiger partial charge on any atom is 0.410 e. The minimum Gasteiger partial charge on any atom is -0.491 e. The Kier molecular flexibility index (Phi) is 4.67. The average Bonchev–Trinajstić information content (AvgIpc) is 2.80. The van der Waals surface area contributed by atoms with E-state index in [0.29, 0.717) is 31.3 Å². The quantitative estimate of drug-likeness (QED) is 0.845. The van der Waals surface area contributed by atoms with Gasteiger partial charge in [0.25, 0.3) is 0 Å². The van der Waals surface area contributed by atoms with E-state index in [9.17, 15) is 9.59 Å². The molecular formula is C18H22ClN3O4. The van der Waals surface area contributed by atoms with E-state index in [-0.39, 0.29) is 12.5 Å². The minimum absolute atomic E-state index is 0.0317. The summed E-state index contributed by atoms with van der Waals surface area (Å²) in [4.78, 5) is 28.3. The number of rotatable bonds is 2. The summed E-state index contributed by atoms with van der Waals surface area (Å²) in [5, 5.41) is 3.88. The van der Waals surface area contributed by atoms with Crippen LogP contribution in [0.5, 0.6) is 5.75 Å². The molecule has 1 aromatic rings. The second-order valence-electron chi connectivity index (χ2n) is 7.07. The van der Waals surface area contributed by atoms with Gasteiger partial charge in [-0.25, -0.2) is 4.79 Å². The summed E-state index contributed by atoms with van der Waals surface area (Å²) in [7, 11) is 0.